The van der Waals surface area contributed by atoms with Crippen molar-refractivity contribution in [1.29, 1.82) is 0 Å². The molecule has 98 valence electrons. The lowest BCUT2D eigenvalue weighted by molar-refractivity contribution is -0.117. The average molecular weight is 289 g/mol. The maximum atomic E-state index is 11.9. The first-order chi connectivity index (χ1) is 8.30. The summed E-state index contributed by atoms with van der Waals surface area (Å²) in [6.45, 7) is 3.78. The Kier molecular flexibility index (Phi) is 3.33. The molecule has 2 rings (SSSR count). The van der Waals surface area contributed by atoms with Crippen molar-refractivity contribution < 1.29 is 13.2 Å². The second-order valence-electron chi connectivity index (χ2n) is 4.43. The molecule has 1 aromatic rings. The van der Waals surface area contributed by atoms with E-state index in [0.29, 0.717) is 0 Å². The number of nitrogens with zero attached hydrogens (tertiary/aromatic N) is 2. The molecular formula is C11H13ClN2O3S. The van der Waals surface area contributed by atoms with E-state index in [1.807, 2.05) is 13.8 Å². The van der Waals surface area contributed by atoms with Gasteiger partial charge in [0.25, 0.3) is 0 Å². The van der Waals surface area contributed by atoms with Gasteiger partial charge in [0.05, 0.1) is 5.69 Å². The van der Waals surface area contributed by atoms with Gasteiger partial charge >= 0.3 is 0 Å². The topological polar surface area (TPSA) is 67.3 Å². The van der Waals surface area contributed by atoms with Gasteiger partial charge in [-0.1, -0.05) is 0 Å². The molecule has 18 heavy (non-hydrogen) atoms. The molecule has 0 saturated carbocycles. The summed E-state index contributed by atoms with van der Waals surface area (Å²) < 4.78 is 22.6. The Morgan fingerprint density at radius 2 is 1.89 bits per heavy atom. The fourth-order valence-electron chi connectivity index (χ4n) is 2.20. The van der Waals surface area contributed by atoms with Crippen molar-refractivity contribution in [3.05, 3.63) is 23.5 Å². The lowest BCUT2D eigenvalue weighted by atomic mass is 10.1. The molecular weight excluding hydrogens is 276 g/mol. The molecule has 2 heterocycles. The van der Waals surface area contributed by atoms with Gasteiger partial charge in [-0.3, -0.25) is 9.78 Å². The van der Waals surface area contributed by atoms with Gasteiger partial charge in [0.1, 0.15) is 5.25 Å². The van der Waals surface area contributed by atoms with E-state index in [9.17, 15) is 13.2 Å². The minimum absolute atomic E-state index is 0.0625. The van der Waals surface area contributed by atoms with Gasteiger partial charge in [-0.2, -0.15) is 0 Å². The minimum atomic E-state index is -3.71. The molecule has 0 aliphatic carbocycles. The van der Waals surface area contributed by atoms with Crippen molar-refractivity contribution in [3.63, 3.8) is 0 Å². The van der Waals surface area contributed by atoms with Crippen LogP contribution in [0.4, 0.5) is 5.69 Å². The summed E-state index contributed by atoms with van der Waals surface area (Å²) in [5, 5.41) is -0.835. The predicted molar refractivity (Wildman–Crippen MR) is 69.2 cm³/mol. The van der Waals surface area contributed by atoms with Gasteiger partial charge < -0.3 is 4.90 Å². The number of aromatic nitrogens is 1. The Labute approximate surface area is 110 Å². The van der Waals surface area contributed by atoms with Crippen molar-refractivity contribution in [2.75, 3.05) is 11.4 Å². The van der Waals surface area contributed by atoms with Gasteiger partial charge in [0.15, 0.2) is 0 Å². The van der Waals surface area contributed by atoms with E-state index in [0.717, 1.165) is 16.8 Å². The van der Waals surface area contributed by atoms with E-state index in [-0.39, 0.29) is 18.9 Å². The molecule has 1 aliphatic rings. The summed E-state index contributed by atoms with van der Waals surface area (Å²) in [7, 11) is 1.61. The van der Waals surface area contributed by atoms with Gasteiger partial charge in [0, 0.05) is 36.0 Å². The Balaban J connectivity index is 2.39. The Hall–Kier alpha value is -1.14. The smallest absolute Gasteiger partial charge is 0.237 e. The minimum Gasteiger partial charge on any atom is -0.310 e. The third-order valence-corrected chi connectivity index (χ3v) is 4.91. The highest BCUT2D eigenvalue weighted by Crippen LogP contribution is 2.30. The van der Waals surface area contributed by atoms with Crippen LogP contribution in [0.2, 0.25) is 0 Å². The third-order valence-electron chi connectivity index (χ3n) is 3.04. The lowest BCUT2D eigenvalue weighted by Gasteiger charge is -2.20. The van der Waals surface area contributed by atoms with Crippen LogP contribution >= 0.6 is 10.7 Å². The molecule has 1 aromatic heterocycles. The number of hydrogen-bond acceptors (Lipinski definition) is 4. The molecule has 0 N–H and O–H groups in total. The number of anilines is 1. The average Bonchev–Trinajstić information content (AvgIpc) is 2.60. The second-order valence-corrected chi connectivity index (χ2v) is 7.34. The lowest BCUT2D eigenvalue weighted by Crippen LogP contribution is -2.28. The molecule has 0 radical (unpaired) electrons. The van der Waals surface area contributed by atoms with Gasteiger partial charge in [-0.15, -0.1) is 0 Å². The normalized spacial score (nSPS) is 20.5. The highest BCUT2D eigenvalue weighted by molar-refractivity contribution is 8.14. The van der Waals surface area contributed by atoms with Crippen LogP contribution in [0.3, 0.4) is 0 Å². The van der Waals surface area contributed by atoms with Crippen molar-refractivity contribution in [3.8, 4) is 0 Å². The summed E-state index contributed by atoms with van der Waals surface area (Å²) >= 11 is 0. The Morgan fingerprint density at radius 1 is 1.33 bits per heavy atom. The number of rotatable bonds is 2. The molecule has 1 fully saturated rings. The first-order valence-corrected chi connectivity index (χ1v) is 7.83. The summed E-state index contributed by atoms with van der Waals surface area (Å²) in [4.78, 5) is 17.4. The van der Waals surface area contributed by atoms with E-state index in [1.165, 1.54) is 4.90 Å². The van der Waals surface area contributed by atoms with Crippen LogP contribution in [0.25, 0.3) is 0 Å². The molecule has 0 bridgehead atoms. The summed E-state index contributed by atoms with van der Waals surface area (Å²) in [5.74, 6) is -0.221. The molecule has 1 saturated heterocycles. The molecule has 1 aliphatic heterocycles. The van der Waals surface area contributed by atoms with Gasteiger partial charge in [0.2, 0.25) is 15.0 Å². The fourth-order valence-corrected chi connectivity index (χ4v) is 3.23. The van der Waals surface area contributed by atoms with Gasteiger partial charge in [-0.25, -0.2) is 8.42 Å². The zero-order valence-corrected chi connectivity index (χ0v) is 11.6. The van der Waals surface area contributed by atoms with Crippen LogP contribution in [-0.2, 0) is 13.8 Å². The van der Waals surface area contributed by atoms with E-state index in [4.69, 9.17) is 10.7 Å². The number of aryl methyl sites for hydroxylation is 2. The van der Waals surface area contributed by atoms with E-state index >= 15 is 0 Å². The van der Waals surface area contributed by atoms with Crippen molar-refractivity contribution in [2.24, 2.45) is 0 Å². The number of carbonyl (C=O) groups excluding carboxylic acids is 1. The molecule has 0 aromatic carbocycles. The second kappa shape index (κ2) is 4.51. The van der Waals surface area contributed by atoms with Gasteiger partial charge in [-0.05, 0) is 25.0 Å². The summed E-state index contributed by atoms with van der Waals surface area (Å²) in [6, 6.07) is 0. The number of amides is 1. The van der Waals surface area contributed by atoms with Crippen LogP contribution in [-0.4, -0.2) is 31.1 Å². The Morgan fingerprint density at radius 3 is 2.33 bits per heavy atom. The largest absolute Gasteiger partial charge is 0.310 e. The number of hydrogen-bond donors (Lipinski definition) is 0. The molecule has 1 atom stereocenters. The van der Waals surface area contributed by atoms with Crippen LogP contribution in [0.5, 0.6) is 0 Å². The van der Waals surface area contributed by atoms with Crippen molar-refractivity contribution in [2.45, 2.75) is 25.5 Å². The zero-order valence-electron chi connectivity index (χ0n) is 10.1. The Bertz CT molecular complexity index is 580. The van der Waals surface area contributed by atoms with Crippen molar-refractivity contribution >= 4 is 31.3 Å². The van der Waals surface area contributed by atoms with Crippen LogP contribution in [0, 0.1) is 13.8 Å². The first kappa shape index (κ1) is 13.3. The predicted octanol–water partition coefficient (Wildman–Crippen LogP) is 1.37. The summed E-state index contributed by atoms with van der Waals surface area (Å²) in [5.41, 5.74) is 2.42. The SMILES string of the molecule is Cc1cncc(C)c1N1CC(S(=O)(=O)Cl)CC1=O. The van der Waals surface area contributed by atoms with Crippen LogP contribution in [0.1, 0.15) is 17.5 Å². The maximum absolute atomic E-state index is 11.9. The first-order valence-electron chi connectivity index (χ1n) is 5.45. The third kappa shape index (κ3) is 2.35. The number of pyridine rings is 1. The van der Waals surface area contributed by atoms with Crippen LogP contribution in [0.15, 0.2) is 12.4 Å². The molecule has 0 spiro atoms. The molecule has 5 nitrogen and oxygen atoms in total. The monoisotopic (exact) mass is 288 g/mol. The zero-order chi connectivity index (χ0) is 13.5. The summed E-state index contributed by atoms with van der Waals surface area (Å²) in [6.07, 6.45) is 3.24. The fraction of sp³-hybridized carbons (Fsp3) is 0.455. The standard InChI is InChI=1S/C11H13ClN2O3S/c1-7-4-13-5-8(2)11(7)14-6-9(3-10(14)15)18(12,16)17/h4-5,9H,3,6H2,1-2H3. The highest BCUT2D eigenvalue weighted by atomic mass is 35.7. The quantitative estimate of drug-likeness (QED) is 0.771. The van der Waals surface area contributed by atoms with E-state index in [2.05, 4.69) is 4.98 Å². The van der Waals surface area contributed by atoms with E-state index in [1.54, 1.807) is 12.4 Å². The highest BCUT2D eigenvalue weighted by Gasteiger charge is 2.38. The van der Waals surface area contributed by atoms with Crippen LogP contribution < -0.4 is 4.90 Å². The molecule has 1 amide bonds. The number of carbonyl (C=O) groups is 1. The number of halogens is 1. The van der Waals surface area contributed by atoms with Crippen molar-refractivity contribution in [1.82, 2.24) is 4.98 Å². The molecule has 1 unspecified atom stereocenters. The maximum Gasteiger partial charge on any atom is 0.237 e. The van der Waals surface area contributed by atoms with E-state index < -0.39 is 14.3 Å². The molecule has 7 heteroatoms.